The fourth-order valence-electron chi connectivity index (χ4n) is 1.21. The van der Waals surface area contributed by atoms with E-state index in [2.05, 4.69) is 20.6 Å². The number of halogens is 1. The van der Waals surface area contributed by atoms with E-state index in [4.69, 9.17) is 0 Å². The summed E-state index contributed by atoms with van der Waals surface area (Å²) < 4.78 is 13.4. The van der Waals surface area contributed by atoms with E-state index in [1.165, 1.54) is 4.90 Å². The lowest BCUT2D eigenvalue weighted by molar-refractivity contribution is -0.127. The number of nitrogens with zero attached hydrogens (tertiary/aromatic N) is 3. The molecule has 0 saturated carbocycles. The predicted octanol–water partition coefficient (Wildman–Crippen LogP) is 0.938. The summed E-state index contributed by atoms with van der Waals surface area (Å²) >= 11 is 0. The summed E-state index contributed by atoms with van der Waals surface area (Å²) in [5.41, 5.74) is 0. The van der Waals surface area contributed by atoms with Crippen molar-refractivity contribution in [3.63, 3.8) is 0 Å². The van der Waals surface area contributed by atoms with E-state index in [1.54, 1.807) is 7.05 Å². The van der Waals surface area contributed by atoms with Gasteiger partial charge in [0.05, 0.1) is 12.7 Å². The molecule has 0 aliphatic rings. The van der Waals surface area contributed by atoms with Gasteiger partial charge in [0.2, 0.25) is 11.9 Å². The maximum Gasteiger partial charge on any atom is 0.241 e. The molecule has 100 valence electrons. The van der Waals surface area contributed by atoms with Gasteiger partial charge in [-0.2, -0.15) is 4.98 Å². The third-order valence-corrected chi connectivity index (χ3v) is 2.39. The molecule has 0 spiro atoms. The van der Waals surface area contributed by atoms with Gasteiger partial charge in [0, 0.05) is 20.1 Å². The van der Waals surface area contributed by atoms with Gasteiger partial charge in [0.1, 0.15) is 0 Å². The smallest absolute Gasteiger partial charge is 0.241 e. The van der Waals surface area contributed by atoms with Gasteiger partial charge in [-0.05, 0) is 13.8 Å². The molecule has 1 aromatic rings. The van der Waals surface area contributed by atoms with Crippen molar-refractivity contribution in [2.45, 2.75) is 13.8 Å². The van der Waals surface area contributed by atoms with Gasteiger partial charge in [0.15, 0.2) is 11.6 Å². The maximum atomic E-state index is 13.4. The van der Waals surface area contributed by atoms with Crippen LogP contribution in [0.5, 0.6) is 0 Å². The van der Waals surface area contributed by atoms with Crippen LogP contribution >= 0.6 is 0 Å². The van der Waals surface area contributed by atoms with Crippen molar-refractivity contribution in [3.05, 3.63) is 12.0 Å². The molecule has 0 saturated heterocycles. The second kappa shape index (κ2) is 6.73. The zero-order valence-electron chi connectivity index (χ0n) is 10.8. The monoisotopic (exact) mass is 255 g/mol. The van der Waals surface area contributed by atoms with Crippen LogP contribution in [0.15, 0.2) is 6.20 Å². The molecule has 7 heteroatoms. The summed E-state index contributed by atoms with van der Waals surface area (Å²) in [7, 11) is 1.68. The van der Waals surface area contributed by atoms with Crippen molar-refractivity contribution in [2.75, 3.05) is 37.3 Å². The predicted molar refractivity (Wildman–Crippen MR) is 68.0 cm³/mol. The minimum atomic E-state index is -0.580. The lowest BCUT2D eigenvalue weighted by Crippen LogP contribution is -2.32. The average molecular weight is 255 g/mol. The number of nitrogens with one attached hydrogen (secondary N) is 2. The largest absolute Gasteiger partial charge is 0.358 e. The summed E-state index contributed by atoms with van der Waals surface area (Å²) in [6, 6.07) is 0. The number of amides is 1. The molecule has 1 amide bonds. The van der Waals surface area contributed by atoms with Crippen molar-refractivity contribution in [1.29, 1.82) is 0 Å². The minimum Gasteiger partial charge on any atom is -0.358 e. The van der Waals surface area contributed by atoms with Gasteiger partial charge in [-0.3, -0.25) is 4.79 Å². The van der Waals surface area contributed by atoms with Crippen LogP contribution in [-0.2, 0) is 4.79 Å². The van der Waals surface area contributed by atoms with Crippen LogP contribution in [0.25, 0.3) is 0 Å². The van der Waals surface area contributed by atoms with E-state index in [-0.39, 0.29) is 18.3 Å². The van der Waals surface area contributed by atoms with E-state index < -0.39 is 5.82 Å². The number of likely N-dealkylation sites (N-methyl/N-ethyl adjacent to an activating group) is 1. The van der Waals surface area contributed by atoms with E-state index in [9.17, 15) is 9.18 Å². The van der Waals surface area contributed by atoms with E-state index in [0.29, 0.717) is 19.0 Å². The molecule has 0 aromatic carbocycles. The molecule has 2 N–H and O–H groups in total. The Kier molecular flexibility index (Phi) is 5.29. The van der Waals surface area contributed by atoms with E-state index in [1.807, 2.05) is 13.8 Å². The number of hydrogen-bond acceptors (Lipinski definition) is 5. The lowest BCUT2D eigenvalue weighted by atomic mass is 10.4. The highest BCUT2D eigenvalue weighted by atomic mass is 19.1. The minimum absolute atomic E-state index is 0.00381. The fraction of sp³-hybridized carbons (Fsp3) is 0.545. The second-order valence-corrected chi connectivity index (χ2v) is 3.68. The van der Waals surface area contributed by atoms with Gasteiger partial charge in [-0.25, -0.2) is 9.37 Å². The van der Waals surface area contributed by atoms with Crippen LogP contribution < -0.4 is 10.6 Å². The average Bonchev–Trinajstić information content (AvgIpc) is 2.38. The van der Waals surface area contributed by atoms with Gasteiger partial charge in [-0.15, -0.1) is 0 Å². The number of carbonyl (C=O) groups excluding carboxylic acids is 1. The Morgan fingerprint density at radius 1 is 1.44 bits per heavy atom. The van der Waals surface area contributed by atoms with Gasteiger partial charge < -0.3 is 15.5 Å². The quantitative estimate of drug-likeness (QED) is 0.791. The topological polar surface area (TPSA) is 70.2 Å². The number of carbonyl (C=O) groups is 1. The SMILES string of the molecule is CCNc1ncc(F)c(NCC(=O)N(C)CC)n1. The molecule has 0 unspecified atom stereocenters. The van der Waals surface area contributed by atoms with E-state index in [0.717, 1.165) is 6.20 Å². The van der Waals surface area contributed by atoms with Crippen LogP contribution in [0.1, 0.15) is 13.8 Å². The molecule has 0 atom stereocenters. The molecule has 1 heterocycles. The summed E-state index contributed by atoms with van der Waals surface area (Å²) in [6.45, 7) is 5.01. The highest BCUT2D eigenvalue weighted by molar-refractivity contribution is 5.80. The Labute approximate surface area is 106 Å². The standard InChI is InChI=1S/C11H18FN5O/c1-4-13-11-15-6-8(12)10(16-11)14-7-9(18)17(3)5-2/h6H,4-5,7H2,1-3H3,(H2,13,14,15,16). The summed E-state index contributed by atoms with van der Waals surface area (Å²) in [4.78, 5) is 20.8. The first-order valence-corrected chi connectivity index (χ1v) is 5.82. The van der Waals surface area contributed by atoms with Crippen LogP contribution in [0.4, 0.5) is 16.2 Å². The zero-order valence-corrected chi connectivity index (χ0v) is 10.8. The second-order valence-electron chi connectivity index (χ2n) is 3.68. The van der Waals surface area contributed by atoms with E-state index >= 15 is 0 Å². The highest BCUT2D eigenvalue weighted by Crippen LogP contribution is 2.11. The first-order valence-electron chi connectivity index (χ1n) is 5.82. The molecule has 0 radical (unpaired) electrons. The Balaban J connectivity index is 2.66. The number of hydrogen-bond donors (Lipinski definition) is 2. The third-order valence-electron chi connectivity index (χ3n) is 2.39. The molecule has 0 aliphatic heterocycles. The normalized spacial score (nSPS) is 10.0. The van der Waals surface area contributed by atoms with Crippen molar-refractivity contribution >= 4 is 17.7 Å². The Hall–Kier alpha value is -1.92. The third kappa shape index (κ3) is 3.83. The van der Waals surface area contributed by atoms with Crippen molar-refractivity contribution in [2.24, 2.45) is 0 Å². The van der Waals surface area contributed by atoms with Crippen molar-refractivity contribution < 1.29 is 9.18 Å². The summed E-state index contributed by atoms with van der Waals surface area (Å²) in [5, 5.41) is 5.54. The Morgan fingerprint density at radius 3 is 2.78 bits per heavy atom. The van der Waals surface area contributed by atoms with Crippen LogP contribution in [-0.4, -0.2) is 47.5 Å². The van der Waals surface area contributed by atoms with Gasteiger partial charge >= 0.3 is 0 Å². The zero-order chi connectivity index (χ0) is 13.5. The lowest BCUT2D eigenvalue weighted by Gasteiger charge is -2.15. The molecular formula is C11H18FN5O. The first-order chi connectivity index (χ1) is 8.58. The molecule has 0 aliphatic carbocycles. The number of aromatic nitrogens is 2. The van der Waals surface area contributed by atoms with Crippen LogP contribution in [0.2, 0.25) is 0 Å². The molecule has 6 nitrogen and oxygen atoms in total. The van der Waals surface area contributed by atoms with Gasteiger partial charge in [0.25, 0.3) is 0 Å². The fourth-order valence-corrected chi connectivity index (χ4v) is 1.21. The molecule has 1 aromatic heterocycles. The van der Waals surface area contributed by atoms with Crippen LogP contribution in [0, 0.1) is 5.82 Å². The maximum absolute atomic E-state index is 13.4. The first kappa shape index (κ1) is 14.1. The summed E-state index contributed by atoms with van der Waals surface area (Å²) in [5.74, 6) is -0.347. The molecular weight excluding hydrogens is 237 g/mol. The van der Waals surface area contributed by atoms with Crippen LogP contribution in [0.3, 0.4) is 0 Å². The Morgan fingerprint density at radius 2 is 2.17 bits per heavy atom. The highest BCUT2D eigenvalue weighted by Gasteiger charge is 2.10. The molecule has 1 rings (SSSR count). The Bertz CT molecular complexity index is 412. The number of anilines is 2. The molecule has 0 bridgehead atoms. The van der Waals surface area contributed by atoms with Crippen molar-refractivity contribution in [1.82, 2.24) is 14.9 Å². The number of rotatable bonds is 6. The molecule has 0 fully saturated rings. The van der Waals surface area contributed by atoms with Crippen molar-refractivity contribution in [3.8, 4) is 0 Å². The molecule has 18 heavy (non-hydrogen) atoms. The summed E-state index contributed by atoms with van der Waals surface area (Å²) in [6.07, 6.45) is 1.07. The van der Waals surface area contributed by atoms with Gasteiger partial charge in [-0.1, -0.05) is 0 Å².